The van der Waals surface area contributed by atoms with Crippen LogP contribution in [0.2, 0.25) is 0 Å². The lowest BCUT2D eigenvalue weighted by atomic mass is 9.83. The number of aliphatic hydroxyl groups is 1. The average Bonchev–Trinajstić information content (AvgIpc) is 2.66. The van der Waals surface area contributed by atoms with Gasteiger partial charge in [-0.25, -0.2) is 0 Å². The number of carbonyl (C=O) groups is 1. The van der Waals surface area contributed by atoms with Gasteiger partial charge >= 0.3 is 0 Å². The van der Waals surface area contributed by atoms with Crippen LogP contribution < -0.4 is 0 Å². The monoisotopic (exact) mass is 236 g/mol. The summed E-state index contributed by atoms with van der Waals surface area (Å²) < 4.78 is 0. The summed E-state index contributed by atoms with van der Waals surface area (Å²) in [6.07, 6.45) is 6.77. The molecule has 1 aliphatic carbocycles. The highest BCUT2D eigenvalue weighted by Crippen LogP contribution is 2.42. The summed E-state index contributed by atoms with van der Waals surface area (Å²) in [5.41, 5.74) is 2.00. The van der Waals surface area contributed by atoms with Crippen LogP contribution in [0.25, 0.3) is 0 Å². The van der Waals surface area contributed by atoms with Crippen molar-refractivity contribution in [1.82, 2.24) is 0 Å². The van der Waals surface area contributed by atoms with Gasteiger partial charge in [-0.05, 0) is 55.9 Å². The topological polar surface area (TPSA) is 37.3 Å². The van der Waals surface area contributed by atoms with Gasteiger partial charge in [0.1, 0.15) is 6.29 Å². The summed E-state index contributed by atoms with van der Waals surface area (Å²) in [6, 6.07) is 0. The number of allylic oxidation sites excluding steroid dienone is 2. The first-order valence-corrected chi connectivity index (χ1v) is 6.50. The highest BCUT2D eigenvalue weighted by molar-refractivity contribution is 5.72. The summed E-state index contributed by atoms with van der Waals surface area (Å²) in [6.45, 7) is 8.52. The van der Waals surface area contributed by atoms with Gasteiger partial charge < -0.3 is 5.11 Å². The van der Waals surface area contributed by atoms with Crippen LogP contribution in [0.1, 0.15) is 39.5 Å². The molecule has 1 rings (SSSR count). The molecule has 0 bridgehead atoms. The van der Waals surface area contributed by atoms with Crippen molar-refractivity contribution in [3.8, 4) is 0 Å². The zero-order chi connectivity index (χ0) is 12.8. The van der Waals surface area contributed by atoms with Crippen LogP contribution >= 0.6 is 0 Å². The molecule has 1 aliphatic rings. The second-order valence-electron chi connectivity index (χ2n) is 5.28. The van der Waals surface area contributed by atoms with Crippen molar-refractivity contribution in [3.63, 3.8) is 0 Å². The number of carbonyl (C=O) groups excluding carboxylic acids is 1. The fourth-order valence-corrected chi connectivity index (χ4v) is 2.90. The van der Waals surface area contributed by atoms with Gasteiger partial charge in [0, 0.05) is 6.61 Å². The normalized spacial score (nSPS) is 29.4. The fourth-order valence-electron chi connectivity index (χ4n) is 2.90. The molecule has 0 aromatic carbocycles. The molecule has 2 heteroatoms. The predicted octanol–water partition coefficient (Wildman–Crippen LogP) is 3.12. The van der Waals surface area contributed by atoms with Crippen molar-refractivity contribution in [2.45, 2.75) is 39.5 Å². The van der Waals surface area contributed by atoms with Crippen LogP contribution in [-0.2, 0) is 4.79 Å². The van der Waals surface area contributed by atoms with E-state index in [9.17, 15) is 4.79 Å². The minimum atomic E-state index is 0.0503. The number of aldehydes is 1. The SMILES string of the molecule is C=C(C)[C@H]1CC[C@@H](C)[C@@H]1C/C=C(/C=O)CCO. The Hall–Kier alpha value is -0.890. The summed E-state index contributed by atoms with van der Waals surface area (Å²) >= 11 is 0. The maximum Gasteiger partial charge on any atom is 0.145 e. The van der Waals surface area contributed by atoms with Crippen molar-refractivity contribution in [3.05, 3.63) is 23.8 Å². The number of hydrogen-bond donors (Lipinski definition) is 1. The van der Waals surface area contributed by atoms with Gasteiger partial charge in [-0.2, -0.15) is 0 Å². The Bertz CT molecular complexity index is 304. The Morgan fingerprint density at radius 1 is 1.47 bits per heavy atom. The fraction of sp³-hybridized carbons (Fsp3) is 0.667. The highest BCUT2D eigenvalue weighted by Gasteiger charge is 2.32. The van der Waals surface area contributed by atoms with E-state index in [-0.39, 0.29) is 6.61 Å². The molecule has 1 saturated carbocycles. The molecule has 0 heterocycles. The van der Waals surface area contributed by atoms with Crippen LogP contribution in [0, 0.1) is 17.8 Å². The van der Waals surface area contributed by atoms with E-state index in [4.69, 9.17) is 5.11 Å². The molecule has 96 valence electrons. The zero-order valence-electron chi connectivity index (χ0n) is 11.0. The Labute approximate surface area is 104 Å². The summed E-state index contributed by atoms with van der Waals surface area (Å²) in [5, 5.41) is 8.84. The zero-order valence-corrected chi connectivity index (χ0v) is 11.0. The second kappa shape index (κ2) is 6.75. The molecule has 2 nitrogen and oxygen atoms in total. The molecule has 0 radical (unpaired) electrons. The van der Waals surface area contributed by atoms with Crippen LogP contribution in [0.4, 0.5) is 0 Å². The standard InChI is InChI=1S/C15H24O2/c1-11(2)14-6-4-12(3)15(14)7-5-13(10-17)8-9-16/h5,10,12,14-16H,1,4,6-9H2,2-3H3/b13-5+/t12-,14-,15+/m1/s1. The van der Waals surface area contributed by atoms with Gasteiger partial charge in [-0.15, -0.1) is 0 Å². The van der Waals surface area contributed by atoms with Gasteiger partial charge in [-0.1, -0.05) is 25.2 Å². The third-order valence-electron chi connectivity index (χ3n) is 4.02. The largest absolute Gasteiger partial charge is 0.396 e. The summed E-state index contributed by atoms with van der Waals surface area (Å²) in [5.74, 6) is 1.92. The molecular weight excluding hydrogens is 212 g/mol. The van der Waals surface area contributed by atoms with Crippen molar-refractivity contribution < 1.29 is 9.90 Å². The minimum absolute atomic E-state index is 0.0503. The van der Waals surface area contributed by atoms with Crippen LogP contribution in [0.15, 0.2) is 23.8 Å². The third-order valence-corrected chi connectivity index (χ3v) is 4.02. The minimum Gasteiger partial charge on any atom is -0.396 e. The van der Waals surface area contributed by atoms with E-state index < -0.39 is 0 Å². The summed E-state index contributed by atoms with van der Waals surface area (Å²) in [7, 11) is 0. The van der Waals surface area contributed by atoms with E-state index in [2.05, 4.69) is 20.4 Å². The van der Waals surface area contributed by atoms with Crippen molar-refractivity contribution in [1.29, 1.82) is 0 Å². The van der Waals surface area contributed by atoms with E-state index in [1.165, 1.54) is 18.4 Å². The van der Waals surface area contributed by atoms with Gasteiger partial charge in [0.15, 0.2) is 0 Å². The van der Waals surface area contributed by atoms with Gasteiger partial charge in [0.2, 0.25) is 0 Å². The van der Waals surface area contributed by atoms with Gasteiger partial charge in [0.05, 0.1) is 0 Å². The first kappa shape index (κ1) is 14.2. The van der Waals surface area contributed by atoms with Crippen LogP contribution in [0.3, 0.4) is 0 Å². The molecular formula is C15H24O2. The van der Waals surface area contributed by atoms with Crippen molar-refractivity contribution in [2.24, 2.45) is 17.8 Å². The lowest BCUT2D eigenvalue weighted by Crippen LogP contribution is -2.13. The molecule has 0 aromatic heterocycles. The smallest absolute Gasteiger partial charge is 0.145 e. The van der Waals surface area contributed by atoms with E-state index >= 15 is 0 Å². The summed E-state index contributed by atoms with van der Waals surface area (Å²) in [4.78, 5) is 10.8. The van der Waals surface area contributed by atoms with Crippen LogP contribution in [-0.4, -0.2) is 18.0 Å². The van der Waals surface area contributed by atoms with Gasteiger partial charge in [-0.3, -0.25) is 4.79 Å². The third kappa shape index (κ3) is 3.81. The first-order chi connectivity index (χ1) is 8.10. The Morgan fingerprint density at radius 2 is 2.18 bits per heavy atom. The van der Waals surface area contributed by atoms with Crippen LogP contribution in [0.5, 0.6) is 0 Å². The lowest BCUT2D eigenvalue weighted by Gasteiger charge is -2.22. The molecule has 0 amide bonds. The number of rotatable bonds is 6. The first-order valence-electron chi connectivity index (χ1n) is 6.50. The van der Waals surface area contributed by atoms with E-state index in [1.807, 2.05) is 6.08 Å². The highest BCUT2D eigenvalue weighted by atomic mass is 16.3. The Morgan fingerprint density at radius 3 is 2.71 bits per heavy atom. The predicted molar refractivity (Wildman–Crippen MR) is 70.7 cm³/mol. The van der Waals surface area contributed by atoms with E-state index in [1.54, 1.807) is 0 Å². The van der Waals surface area contributed by atoms with E-state index in [0.29, 0.717) is 24.2 Å². The second-order valence-corrected chi connectivity index (χ2v) is 5.28. The Kier molecular flexibility index (Phi) is 5.63. The Balaban J connectivity index is 2.64. The maximum atomic E-state index is 10.8. The molecule has 0 unspecified atom stereocenters. The molecule has 0 spiro atoms. The quantitative estimate of drug-likeness (QED) is 0.437. The molecule has 1 N–H and O–H groups in total. The molecule has 17 heavy (non-hydrogen) atoms. The van der Waals surface area contributed by atoms with E-state index in [0.717, 1.165) is 18.3 Å². The molecule has 0 saturated heterocycles. The van der Waals surface area contributed by atoms with Crippen molar-refractivity contribution in [2.75, 3.05) is 6.61 Å². The number of aliphatic hydroxyl groups excluding tert-OH is 1. The molecule has 3 atom stereocenters. The van der Waals surface area contributed by atoms with Gasteiger partial charge in [0.25, 0.3) is 0 Å². The molecule has 0 aliphatic heterocycles. The average molecular weight is 236 g/mol. The maximum absolute atomic E-state index is 10.8. The number of hydrogen-bond acceptors (Lipinski definition) is 2. The molecule has 1 fully saturated rings. The molecule has 0 aromatic rings. The lowest BCUT2D eigenvalue weighted by molar-refractivity contribution is -0.105. The van der Waals surface area contributed by atoms with Crippen molar-refractivity contribution >= 4 is 6.29 Å².